The molecule has 0 radical (unpaired) electrons. The van der Waals surface area contributed by atoms with Crippen LogP contribution < -0.4 is 20.7 Å². The monoisotopic (exact) mass is 1090 g/mol. The first-order valence-electron chi connectivity index (χ1n) is 25.2. The second-order valence-electron chi connectivity index (χ2n) is 23.1. The molecule has 0 unspecified atom stereocenters. The van der Waals surface area contributed by atoms with Crippen molar-refractivity contribution in [3.05, 3.63) is 157 Å². The zero-order chi connectivity index (χ0) is 50.7. The van der Waals surface area contributed by atoms with E-state index in [0.29, 0.717) is 6.61 Å². The van der Waals surface area contributed by atoms with E-state index in [1.807, 2.05) is 18.2 Å². The Morgan fingerprint density at radius 2 is 1.07 bits per heavy atom. The number of hydrogen-bond donors (Lipinski definition) is 0. The van der Waals surface area contributed by atoms with Crippen LogP contribution in [0.3, 0.4) is 0 Å². The summed E-state index contributed by atoms with van der Waals surface area (Å²) in [7, 11) is -2.73. The van der Waals surface area contributed by atoms with Crippen LogP contribution in [0.2, 0.25) is 36.3 Å². The molecule has 0 aromatic heterocycles. The molecule has 0 saturated heterocycles. The molecule has 4 aromatic rings. The molecule has 0 N–H and O–H groups in total. The van der Waals surface area contributed by atoms with Crippen LogP contribution in [0.15, 0.2) is 152 Å². The van der Waals surface area contributed by atoms with E-state index in [1.54, 1.807) is 7.11 Å². The van der Waals surface area contributed by atoms with E-state index in [1.165, 1.54) is 21.5 Å². The predicted octanol–water partition coefficient (Wildman–Crippen LogP) is 16.5. The van der Waals surface area contributed by atoms with Crippen LogP contribution in [0, 0.1) is 29.6 Å². The summed E-state index contributed by atoms with van der Waals surface area (Å²) < 4.78 is 24.7. The van der Waals surface area contributed by atoms with Crippen LogP contribution in [-0.4, -0.2) is 48.2 Å². The Labute approximate surface area is 430 Å². The van der Waals surface area contributed by atoms with Crippen LogP contribution in [0.25, 0.3) is 0 Å². The van der Waals surface area contributed by atoms with Crippen molar-refractivity contribution in [2.45, 2.75) is 151 Å². The molecule has 0 aliphatic rings. The van der Waals surface area contributed by atoms with Crippen molar-refractivity contribution in [1.82, 2.24) is 0 Å². The van der Waals surface area contributed by atoms with Gasteiger partial charge in [0.2, 0.25) is 0 Å². The fourth-order valence-corrected chi connectivity index (χ4v) is 22.5. The first-order chi connectivity index (χ1) is 31.7. The average molecular weight is 1090 g/mol. The maximum atomic E-state index is 7.74. The molecular formula is C60H90IO4PSi2. The number of allylic oxidation sites excluding steroid dienone is 3. The summed E-state index contributed by atoms with van der Waals surface area (Å²) in [6.45, 7) is 42.6. The first-order valence-corrected chi connectivity index (χ1v) is 36.2. The van der Waals surface area contributed by atoms with Crippen LogP contribution in [0.5, 0.6) is 5.75 Å². The molecule has 0 fully saturated rings. The van der Waals surface area contributed by atoms with Gasteiger partial charge in [-0.15, -0.1) is 0 Å². The van der Waals surface area contributed by atoms with E-state index in [2.05, 4.69) is 259 Å². The SMILES string of the molecule is C=CC=C[C@H](C)[C@H](OCc1ccc(OC)cc1)[C@@H](C)[C@H](O[Si](C)(C)C(C)(C)C)[C@@H](C)CC(C)=C[C@H](C)[C@@H](O[Si](C)(C)C(C)(C)C)[C@@H](C)CP(I)(c1ccccc1)(c1ccccc1)c1ccccc1. The van der Waals surface area contributed by atoms with Gasteiger partial charge >= 0.3 is 327 Å². The normalized spacial score (nSPS) is 17.6. The fourth-order valence-electron chi connectivity index (χ4n) is 9.62. The number of hydrogen-bond acceptors (Lipinski definition) is 4. The second-order valence-corrected chi connectivity index (χ2v) is 43.2. The summed E-state index contributed by atoms with van der Waals surface area (Å²) in [6, 6.07) is 42.3. The summed E-state index contributed by atoms with van der Waals surface area (Å²) in [5, 5.41) is 4.33. The van der Waals surface area contributed by atoms with Gasteiger partial charge in [0.05, 0.1) is 13.7 Å². The van der Waals surface area contributed by atoms with Gasteiger partial charge in [0.1, 0.15) is 5.75 Å². The Balaban J connectivity index is 1.80. The van der Waals surface area contributed by atoms with E-state index >= 15 is 0 Å². The molecule has 0 spiro atoms. The van der Waals surface area contributed by atoms with E-state index in [0.717, 1.165) is 23.9 Å². The van der Waals surface area contributed by atoms with Gasteiger partial charge in [-0.3, -0.25) is 0 Å². The van der Waals surface area contributed by atoms with Crippen LogP contribution in [0.1, 0.15) is 95.1 Å². The van der Waals surface area contributed by atoms with Gasteiger partial charge in [0, 0.05) is 0 Å². The Morgan fingerprint density at radius 3 is 1.49 bits per heavy atom. The number of rotatable bonds is 24. The number of methoxy groups -OCH3 is 1. The van der Waals surface area contributed by atoms with Gasteiger partial charge in [0.25, 0.3) is 0 Å². The van der Waals surface area contributed by atoms with Crippen molar-refractivity contribution in [3.63, 3.8) is 0 Å². The van der Waals surface area contributed by atoms with E-state index in [-0.39, 0.29) is 58.0 Å². The summed E-state index contributed by atoms with van der Waals surface area (Å²) in [5.74, 6) is 1.71. The van der Waals surface area contributed by atoms with Crippen molar-refractivity contribution in [2.75, 3.05) is 13.3 Å². The molecule has 0 aliphatic heterocycles. The maximum absolute atomic E-state index is 7.74. The molecule has 0 heterocycles. The molecule has 0 amide bonds. The topological polar surface area (TPSA) is 36.9 Å². The van der Waals surface area contributed by atoms with Gasteiger partial charge in [-0.05, 0) is 17.7 Å². The van der Waals surface area contributed by atoms with Crippen molar-refractivity contribution in [3.8, 4) is 5.75 Å². The van der Waals surface area contributed by atoms with E-state index < -0.39 is 20.9 Å². The van der Waals surface area contributed by atoms with Crippen molar-refractivity contribution >= 4 is 58.8 Å². The zero-order valence-electron chi connectivity index (χ0n) is 45.2. The van der Waals surface area contributed by atoms with Gasteiger partial charge in [-0.1, -0.05) is 64.6 Å². The number of benzene rings is 4. The Kier molecular flexibility index (Phi) is 20.6. The average Bonchev–Trinajstić information content (AvgIpc) is 3.29. The summed E-state index contributed by atoms with van der Waals surface area (Å²) in [6.07, 6.45) is 10.5. The third-order valence-electron chi connectivity index (χ3n) is 15.5. The van der Waals surface area contributed by atoms with Crippen LogP contribution >= 0.6 is 26.3 Å². The fraction of sp³-hybridized carbons (Fsp3) is 0.500. The molecule has 4 rings (SSSR count). The zero-order valence-corrected chi connectivity index (χ0v) is 50.2. The minimum atomic E-state index is -3.10. The predicted molar refractivity (Wildman–Crippen MR) is 313 cm³/mol. The third kappa shape index (κ3) is 14.1. The molecule has 374 valence electrons. The van der Waals surface area contributed by atoms with E-state index in [9.17, 15) is 0 Å². The molecule has 68 heavy (non-hydrogen) atoms. The van der Waals surface area contributed by atoms with Crippen LogP contribution in [-0.2, 0) is 20.2 Å². The Hall–Kier alpha value is -2.63. The Bertz CT molecular complexity index is 2110. The number of ether oxygens (including phenoxy) is 2. The minimum absolute atomic E-state index is 0.0000145. The molecule has 0 saturated carbocycles. The van der Waals surface area contributed by atoms with Gasteiger partial charge < -0.3 is 4.74 Å². The first kappa shape index (κ1) is 57.9. The number of halogens is 1. The molecular weight excluding hydrogens is 999 g/mol. The quantitative estimate of drug-likeness (QED) is 0.0230. The molecule has 8 atom stereocenters. The van der Waals surface area contributed by atoms with Crippen molar-refractivity contribution in [1.29, 1.82) is 0 Å². The standard InChI is InChI=1S/C60H90IO4PSi2/c1-19-20-30-46(3)57(63-43-51-37-39-52(62-14)40-38-51)50(7)58(65-68(17,18)60(11,12)13)48(5)42-45(2)41-47(4)56(64-67(15,16)59(8,9)10)49(6)44-66(61,53-31-24-21-25-32-53,54-33-26-22-27-34-54)55-35-28-23-29-36-55/h19-41,46-50,56-58H,1,42-44H2,2-18H3/t46-,47-,48-,49-,50+,56+,57-,58+/m0/s1. The van der Waals surface area contributed by atoms with Crippen molar-refractivity contribution < 1.29 is 18.3 Å². The van der Waals surface area contributed by atoms with E-state index in [4.69, 9.17) is 18.3 Å². The second kappa shape index (κ2) is 24.2. The van der Waals surface area contributed by atoms with Crippen molar-refractivity contribution in [2.24, 2.45) is 29.6 Å². The molecule has 0 bridgehead atoms. The van der Waals surface area contributed by atoms with Gasteiger partial charge in [-0.25, -0.2) is 0 Å². The molecule has 4 aromatic carbocycles. The summed E-state index contributed by atoms with van der Waals surface area (Å²) in [5.41, 5.74) is 2.51. The summed E-state index contributed by atoms with van der Waals surface area (Å²) >= 11 is 2.97. The molecule has 0 aliphatic carbocycles. The van der Waals surface area contributed by atoms with Gasteiger partial charge in [0.15, 0.2) is 0 Å². The summed E-state index contributed by atoms with van der Waals surface area (Å²) in [4.78, 5) is 0. The Morgan fingerprint density at radius 1 is 0.632 bits per heavy atom. The molecule has 8 heteroatoms. The van der Waals surface area contributed by atoms with Crippen LogP contribution in [0.4, 0.5) is 0 Å². The molecule has 4 nitrogen and oxygen atoms in total. The van der Waals surface area contributed by atoms with Gasteiger partial charge in [-0.2, -0.15) is 0 Å². The third-order valence-corrected chi connectivity index (χ3v) is 36.1.